The second-order valence-corrected chi connectivity index (χ2v) is 5.75. The molecule has 6 heteroatoms. The van der Waals surface area contributed by atoms with Gasteiger partial charge in [-0.1, -0.05) is 5.16 Å². The summed E-state index contributed by atoms with van der Waals surface area (Å²) in [6.07, 6.45) is 4.38. The Morgan fingerprint density at radius 3 is 3.00 bits per heavy atom. The highest BCUT2D eigenvalue weighted by atomic mass is 16.5. The van der Waals surface area contributed by atoms with Gasteiger partial charge in [-0.15, -0.1) is 0 Å². The SMILES string of the molecule is CC1(c2nc(CC3CCCCO3)no2)COCC1N. The van der Waals surface area contributed by atoms with Gasteiger partial charge in [0.05, 0.1) is 24.7 Å². The van der Waals surface area contributed by atoms with Gasteiger partial charge in [-0.3, -0.25) is 0 Å². The third-order valence-electron chi connectivity index (χ3n) is 4.16. The zero-order valence-corrected chi connectivity index (χ0v) is 11.3. The van der Waals surface area contributed by atoms with Gasteiger partial charge in [0.15, 0.2) is 5.82 Å². The van der Waals surface area contributed by atoms with Gasteiger partial charge >= 0.3 is 0 Å². The summed E-state index contributed by atoms with van der Waals surface area (Å²) in [6, 6.07) is -0.0910. The largest absolute Gasteiger partial charge is 0.379 e. The van der Waals surface area contributed by atoms with Crippen LogP contribution in [0.15, 0.2) is 4.52 Å². The number of rotatable bonds is 3. The van der Waals surface area contributed by atoms with E-state index in [0.29, 0.717) is 24.9 Å². The Hall–Kier alpha value is -0.980. The molecular formula is C13H21N3O3. The van der Waals surface area contributed by atoms with Crippen LogP contribution in [0.2, 0.25) is 0 Å². The van der Waals surface area contributed by atoms with Crippen molar-refractivity contribution >= 4 is 0 Å². The maximum absolute atomic E-state index is 6.06. The van der Waals surface area contributed by atoms with Gasteiger partial charge in [0.2, 0.25) is 5.89 Å². The van der Waals surface area contributed by atoms with Crippen molar-refractivity contribution < 1.29 is 14.0 Å². The van der Waals surface area contributed by atoms with Crippen molar-refractivity contribution in [3.8, 4) is 0 Å². The van der Waals surface area contributed by atoms with E-state index in [1.165, 1.54) is 6.42 Å². The summed E-state index contributed by atoms with van der Waals surface area (Å²) in [7, 11) is 0. The maximum atomic E-state index is 6.06. The topological polar surface area (TPSA) is 83.4 Å². The molecule has 3 unspecified atom stereocenters. The minimum absolute atomic E-state index is 0.0910. The molecule has 3 atom stereocenters. The molecule has 0 aliphatic carbocycles. The van der Waals surface area contributed by atoms with E-state index in [4.69, 9.17) is 19.7 Å². The molecule has 0 saturated carbocycles. The molecule has 2 N–H and O–H groups in total. The quantitative estimate of drug-likeness (QED) is 0.872. The second-order valence-electron chi connectivity index (χ2n) is 5.75. The van der Waals surface area contributed by atoms with Crippen LogP contribution < -0.4 is 5.73 Å². The van der Waals surface area contributed by atoms with Crippen molar-refractivity contribution in [3.63, 3.8) is 0 Å². The lowest BCUT2D eigenvalue weighted by atomic mass is 9.86. The van der Waals surface area contributed by atoms with Crippen molar-refractivity contribution in [1.82, 2.24) is 10.1 Å². The molecule has 19 heavy (non-hydrogen) atoms. The Morgan fingerprint density at radius 1 is 1.42 bits per heavy atom. The highest BCUT2D eigenvalue weighted by Crippen LogP contribution is 2.30. The first-order valence-corrected chi connectivity index (χ1v) is 6.96. The van der Waals surface area contributed by atoms with E-state index in [-0.39, 0.29) is 17.6 Å². The molecule has 1 aromatic heterocycles. The van der Waals surface area contributed by atoms with Crippen LogP contribution in [0, 0.1) is 0 Å². The first kappa shape index (κ1) is 13.0. The molecule has 2 aliphatic rings. The number of nitrogens with zero attached hydrogens (tertiary/aromatic N) is 2. The number of nitrogens with two attached hydrogens (primary N) is 1. The highest BCUT2D eigenvalue weighted by Gasteiger charge is 2.44. The van der Waals surface area contributed by atoms with E-state index in [9.17, 15) is 0 Å². The molecular weight excluding hydrogens is 246 g/mol. The predicted molar refractivity (Wildman–Crippen MR) is 67.7 cm³/mol. The van der Waals surface area contributed by atoms with E-state index in [2.05, 4.69) is 10.1 Å². The lowest BCUT2D eigenvalue weighted by molar-refractivity contribution is 0.0153. The molecule has 3 rings (SSSR count). The third kappa shape index (κ3) is 2.52. The minimum atomic E-state index is -0.362. The van der Waals surface area contributed by atoms with Crippen LogP contribution in [0.5, 0.6) is 0 Å². The fourth-order valence-electron chi connectivity index (χ4n) is 2.65. The summed E-state index contributed by atoms with van der Waals surface area (Å²) in [5.41, 5.74) is 5.70. The number of ether oxygens (including phenoxy) is 2. The predicted octanol–water partition coefficient (Wildman–Crippen LogP) is 0.796. The van der Waals surface area contributed by atoms with E-state index < -0.39 is 0 Å². The van der Waals surface area contributed by atoms with Crippen LogP contribution in [-0.2, 0) is 21.3 Å². The number of hydrogen-bond donors (Lipinski definition) is 1. The molecule has 1 aromatic rings. The summed E-state index contributed by atoms with van der Waals surface area (Å²) < 4.78 is 16.5. The van der Waals surface area contributed by atoms with E-state index >= 15 is 0 Å². The number of hydrogen-bond acceptors (Lipinski definition) is 6. The normalized spacial score (nSPS) is 35.7. The molecule has 2 saturated heterocycles. The zero-order chi connectivity index (χ0) is 13.3. The lowest BCUT2D eigenvalue weighted by Crippen LogP contribution is -2.42. The molecule has 0 aromatic carbocycles. The standard InChI is InChI=1S/C13H21N3O3/c1-13(8-17-7-10(13)14)12-15-11(16-19-12)6-9-4-2-3-5-18-9/h9-10H,2-8,14H2,1H3. The van der Waals surface area contributed by atoms with Crippen LogP contribution in [0.1, 0.15) is 37.9 Å². The molecule has 106 valence electrons. The number of aromatic nitrogens is 2. The van der Waals surface area contributed by atoms with Crippen LogP contribution in [0.4, 0.5) is 0 Å². The summed E-state index contributed by atoms with van der Waals surface area (Å²) in [5, 5.41) is 4.06. The van der Waals surface area contributed by atoms with E-state index in [0.717, 1.165) is 25.9 Å². The summed E-state index contributed by atoms with van der Waals surface area (Å²) in [6.45, 7) is 3.93. The van der Waals surface area contributed by atoms with Gasteiger partial charge in [0, 0.05) is 19.1 Å². The summed E-state index contributed by atoms with van der Waals surface area (Å²) in [4.78, 5) is 4.49. The zero-order valence-electron chi connectivity index (χ0n) is 11.3. The van der Waals surface area contributed by atoms with Crippen molar-refractivity contribution in [3.05, 3.63) is 11.7 Å². The Labute approximate surface area is 112 Å². The Morgan fingerprint density at radius 2 is 2.32 bits per heavy atom. The van der Waals surface area contributed by atoms with Crippen LogP contribution in [0.3, 0.4) is 0 Å². The Kier molecular flexibility index (Phi) is 3.56. The average molecular weight is 267 g/mol. The van der Waals surface area contributed by atoms with Gasteiger partial charge in [-0.2, -0.15) is 4.98 Å². The second kappa shape index (κ2) is 5.19. The first-order chi connectivity index (χ1) is 9.18. The van der Waals surface area contributed by atoms with Gasteiger partial charge in [0.25, 0.3) is 0 Å². The summed E-state index contributed by atoms with van der Waals surface area (Å²) >= 11 is 0. The fraction of sp³-hybridized carbons (Fsp3) is 0.846. The maximum Gasteiger partial charge on any atom is 0.236 e. The monoisotopic (exact) mass is 267 g/mol. The average Bonchev–Trinajstić information content (AvgIpc) is 3.00. The Bertz CT molecular complexity index is 431. The highest BCUT2D eigenvalue weighted by molar-refractivity contribution is 5.11. The summed E-state index contributed by atoms with van der Waals surface area (Å²) in [5.74, 6) is 1.30. The first-order valence-electron chi connectivity index (χ1n) is 6.96. The molecule has 0 spiro atoms. The molecule has 0 radical (unpaired) electrons. The fourth-order valence-corrected chi connectivity index (χ4v) is 2.65. The van der Waals surface area contributed by atoms with E-state index in [1.807, 2.05) is 6.92 Å². The third-order valence-corrected chi connectivity index (χ3v) is 4.16. The van der Waals surface area contributed by atoms with E-state index in [1.54, 1.807) is 0 Å². The van der Waals surface area contributed by atoms with Gasteiger partial charge < -0.3 is 19.7 Å². The Balaban J connectivity index is 1.69. The smallest absolute Gasteiger partial charge is 0.236 e. The van der Waals surface area contributed by atoms with Crippen LogP contribution in [0.25, 0.3) is 0 Å². The van der Waals surface area contributed by atoms with Gasteiger partial charge in [-0.05, 0) is 26.2 Å². The molecule has 0 bridgehead atoms. The molecule has 6 nitrogen and oxygen atoms in total. The molecule has 2 fully saturated rings. The van der Waals surface area contributed by atoms with Gasteiger partial charge in [-0.25, -0.2) is 0 Å². The minimum Gasteiger partial charge on any atom is -0.379 e. The van der Waals surface area contributed by atoms with Crippen molar-refractivity contribution in [2.75, 3.05) is 19.8 Å². The molecule has 0 amide bonds. The molecule has 2 aliphatic heterocycles. The van der Waals surface area contributed by atoms with Gasteiger partial charge in [0.1, 0.15) is 0 Å². The van der Waals surface area contributed by atoms with Crippen molar-refractivity contribution in [2.45, 2.75) is 50.2 Å². The lowest BCUT2D eigenvalue weighted by Gasteiger charge is -2.22. The van der Waals surface area contributed by atoms with Crippen LogP contribution in [-0.4, -0.2) is 42.1 Å². The molecule has 3 heterocycles. The van der Waals surface area contributed by atoms with Crippen molar-refractivity contribution in [1.29, 1.82) is 0 Å². The van der Waals surface area contributed by atoms with Crippen molar-refractivity contribution in [2.24, 2.45) is 5.73 Å². The van der Waals surface area contributed by atoms with Crippen LogP contribution >= 0.6 is 0 Å².